The number of aromatic nitrogens is 2. The van der Waals surface area contributed by atoms with Crippen LogP contribution in [-0.4, -0.2) is 40.0 Å². The van der Waals surface area contributed by atoms with Crippen LogP contribution in [-0.2, 0) is 7.05 Å². The van der Waals surface area contributed by atoms with Crippen molar-refractivity contribution < 1.29 is 4.79 Å². The van der Waals surface area contributed by atoms with Crippen LogP contribution in [0, 0.1) is 0 Å². The zero-order chi connectivity index (χ0) is 17.9. The molecule has 2 fully saturated rings. The third kappa shape index (κ3) is 4.19. The van der Waals surface area contributed by atoms with Crippen molar-refractivity contribution in [3.63, 3.8) is 0 Å². The minimum atomic E-state index is -0.0192. The van der Waals surface area contributed by atoms with Gasteiger partial charge in [-0.2, -0.15) is 0 Å². The number of benzene rings is 1. The van der Waals surface area contributed by atoms with Crippen molar-refractivity contribution in [1.82, 2.24) is 19.8 Å². The zero-order valence-corrected chi connectivity index (χ0v) is 16.8. The van der Waals surface area contributed by atoms with Gasteiger partial charge in [-0.3, -0.25) is 4.79 Å². The number of carbonyl (C=O) groups excluding carboxylic acids is 1. The van der Waals surface area contributed by atoms with Gasteiger partial charge >= 0.3 is 0 Å². The standard InChI is InChI=1S/C21H28N4O.ClH/c1-24-13-12-23-20(24)19-15-22-11-14-25(19)21(26)18-9-7-17(8-10-18)16-5-3-2-4-6-16;/h7-10,12-13,16,19,22H,2-6,11,14-15H2,1H3;1H. The molecular weight excluding hydrogens is 360 g/mol. The molecule has 0 bridgehead atoms. The summed E-state index contributed by atoms with van der Waals surface area (Å²) in [7, 11) is 1.98. The molecule has 1 atom stereocenters. The van der Waals surface area contributed by atoms with E-state index in [4.69, 9.17) is 0 Å². The fourth-order valence-electron chi connectivity index (χ4n) is 4.38. The molecule has 1 aliphatic carbocycles. The van der Waals surface area contributed by atoms with Crippen LogP contribution in [0.5, 0.6) is 0 Å². The van der Waals surface area contributed by atoms with Gasteiger partial charge < -0.3 is 14.8 Å². The van der Waals surface area contributed by atoms with Gasteiger partial charge in [0.2, 0.25) is 0 Å². The van der Waals surface area contributed by atoms with Gasteiger partial charge in [0.15, 0.2) is 0 Å². The average molecular weight is 389 g/mol. The van der Waals surface area contributed by atoms with Gasteiger partial charge in [-0.1, -0.05) is 31.4 Å². The zero-order valence-electron chi connectivity index (χ0n) is 15.9. The number of nitrogens with zero attached hydrogens (tertiary/aromatic N) is 3. The first-order valence-electron chi connectivity index (χ1n) is 9.83. The lowest BCUT2D eigenvalue weighted by atomic mass is 9.84. The summed E-state index contributed by atoms with van der Waals surface area (Å²) in [6.45, 7) is 2.28. The van der Waals surface area contributed by atoms with Gasteiger partial charge in [0, 0.05) is 44.6 Å². The number of halogens is 1. The van der Waals surface area contributed by atoms with Crippen molar-refractivity contribution in [2.24, 2.45) is 7.05 Å². The highest BCUT2D eigenvalue weighted by Crippen LogP contribution is 2.33. The molecule has 146 valence electrons. The SMILES string of the molecule is Cl.Cn1ccnc1C1CNCCN1C(=O)c1ccc(C2CCCCC2)cc1. The summed E-state index contributed by atoms with van der Waals surface area (Å²) < 4.78 is 2.00. The van der Waals surface area contributed by atoms with E-state index in [1.807, 2.05) is 34.8 Å². The summed E-state index contributed by atoms with van der Waals surface area (Å²) in [5.41, 5.74) is 2.17. The Morgan fingerprint density at radius 3 is 2.56 bits per heavy atom. The van der Waals surface area contributed by atoms with Crippen LogP contribution in [0.1, 0.15) is 65.8 Å². The summed E-state index contributed by atoms with van der Waals surface area (Å²) in [6.07, 6.45) is 10.3. The monoisotopic (exact) mass is 388 g/mol. The van der Waals surface area contributed by atoms with E-state index < -0.39 is 0 Å². The maximum atomic E-state index is 13.2. The number of piperazine rings is 1. The molecule has 1 N–H and O–H groups in total. The molecule has 5 nitrogen and oxygen atoms in total. The molecule has 1 aromatic carbocycles. The maximum Gasteiger partial charge on any atom is 0.254 e. The first kappa shape index (κ1) is 19.9. The predicted octanol–water partition coefficient (Wildman–Crippen LogP) is 3.68. The first-order valence-corrected chi connectivity index (χ1v) is 9.83. The van der Waals surface area contributed by atoms with E-state index in [9.17, 15) is 4.79 Å². The highest BCUT2D eigenvalue weighted by Gasteiger charge is 2.31. The second-order valence-electron chi connectivity index (χ2n) is 7.57. The van der Waals surface area contributed by atoms with Crippen LogP contribution in [0.4, 0.5) is 0 Å². The van der Waals surface area contributed by atoms with Crippen molar-refractivity contribution in [2.75, 3.05) is 19.6 Å². The Hall–Kier alpha value is -1.85. The van der Waals surface area contributed by atoms with E-state index in [0.717, 1.165) is 24.5 Å². The normalized spacial score (nSPS) is 20.9. The molecule has 1 aliphatic heterocycles. The Bertz CT molecular complexity index is 752. The second kappa shape index (κ2) is 8.89. The van der Waals surface area contributed by atoms with Crippen molar-refractivity contribution in [1.29, 1.82) is 0 Å². The number of hydrogen-bond acceptors (Lipinski definition) is 3. The molecule has 2 heterocycles. The fraction of sp³-hybridized carbons (Fsp3) is 0.524. The van der Waals surface area contributed by atoms with Gasteiger partial charge in [-0.15, -0.1) is 12.4 Å². The molecule has 2 aliphatic rings. The van der Waals surface area contributed by atoms with E-state index >= 15 is 0 Å². The maximum absolute atomic E-state index is 13.2. The molecule has 27 heavy (non-hydrogen) atoms. The van der Waals surface area contributed by atoms with Gasteiger partial charge in [0.25, 0.3) is 5.91 Å². The van der Waals surface area contributed by atoms with Crippen molar-refractivity contribution in [3.05, 3.63) is 53.6 Å². The van der Waals surface area contributed by atoms with E-state index in [1.165, 1.54) is 37.7 Å². The summed E-state index contributed by atoms with van der Waals surface area (Å²) in [5, 5.41) is 3.39. The number of carbonyl (C=O) groups is 1. The molecule has 1 amide bonds. The fourth-order valence-corrected chi connectivity index (χ4v) is 4.38. The van der Waals surface area contributed by atoms with Crippen molar-refractivity contribution in [3.8, 4) is 0 Å². The predicted molar refractivity (Wildman–Crippen MR) is 109 cm³/mol. The van der Waals surface area contributed by atoms with E-state index in [-0.39, 0.29) is 24.4 Å². The molecule has 6 heteroatoms. The Kier molecular flexibility index (Phi) is 6.55. The molecule has 0 spiro atoms. The third-order valence-corrected chi connectivity index (χ3v) is 5.89. The van der Waals surface area contributed by atoms with E-state index in [0.29, 0.717) is 12.5 Å². The molecule has 2 aromatic rings. The number of amides is 1. The molecule has 4 rings (SSSR count). The van der Waals surface area contributed by atoms with Crippen LogP contribution < -0.4 is 5.32 Å². The molecule has 1 unspecified atom stereocenters. The van der Waals surface area contributed by atoms with Gasteiger partial charge in [0.1, 0.15) is 11.9 Å². The lowest BCUT2D eigenvalue weighted by molar-refractivity contribution is 0.0621. The topological polar surface area (TPSA) is 50.2 Å². The quantitative estimate of drug-likeness (QED) is 0.872. The molecule has 1 aromatic heterocycles. The van der Waals surface area contributed by atoms with Gasteiger partial charge in [-0.25, -0.2) is 4.98 Å². The average Bonchev–Trinajstić information content (AvgIpc) is 3.14. The van der Waals surface area contributed by atoms with Crippen LogP contribution in [0.2, 0.25) is 0 Å². The van der Waals surface area contributed by atoms with Crippen LogP contribution >= 0.6 is 12.4 Å². The van der Waals surface area contributed by atoms with Crippen molar-refractivity contribution >= 4 is 18.3 Å². The minimum absolute atomic E-state index is 0. The lowest BCUT2D eigenvalue weighted by Gasteiger charge is -2.36. The van der Waals surface area contributed by atoms with Crippen molar-refractivity contribution in [2.45, 2.75) is 44.1 Å². The smallest absolute Gasteiger partial charge is 0.254 e. The Labute approximate surface area is 167 Å². The number of hydrogen-bond donors (Lipinski definition) is 1. The molecule has 1 saturated heterocycles. The Balaban J connectivity index is 0.00000210. The Morgan fingerprint density at radius 1 is 1.15 bits per heavy atom. The number of imidazole rings is 1. The highest BCUT2D eigenvalue weighted by molar-refractivity contribution is 5.94. The molecule has 1 saturated carbocycles. The number of aryl methyl sites for hydroxylation is 1. The van der Waals surface area contributed by atoms with Gasteiger partial charge in [0.05, 0.1) is 0 Å². The first-order chi connectivity index (χ1) is 12.7. The van der Waals surface area contributed by atoms with Crippen LogP contribution in [0.3, 0.4) is 0 Å². The third-order valence-electron chi connectivity index (χ3n) is 5.89. The number of rotatable bonds is 3. The highest BCUT2D eigenvalue weighted by atomic mass is 35.5. The van der Waals surface area contributed by atoms with E-state index in [2.05, 4.69) is 22.4 Å². The summed E-state index contributed by atoms with van der Waals surface area (Å²) in [6, 6.07) is 8.35. The summed E-state index contributed by atoms with van der Waals surface area (Å²) in [4.78, 5) is 19.6. The molecular formula is C21H29ClN4O. The lowest BCUT2D eigenvalue weighted by Crippen LogP contribution is -2.49. The number of nitrogens with one attached hydrogen (secondary N) is 1. The van der Waals surface area contributed by atoms with E-state index in [1.54, 1.807) is 6.20 Å². The van der Waals surface area contributed by atoms with Crippen LogP contribution in [0.15, 0.2) is 36.7 Å². The van der Waals surface area contributed by atoms with Crippen LogP contribution in [0.25, 0.3) is 0 Å². The Morgan fingerprint density at radius 2 is 1.89 bits per heavy atom. The van der Waals surface area contributed by atoms with Gasteiger partial charge in [-0.05, 0) is 36.5 Å². The summed E-state index contributed by atoms with van der Waals surface area (Å²) >= 11 is 0. The largest absolute Gasteiger partial charge is 0.336 e. The molecule has 0 radical (unpaired) electrons. The minimum Gasteiger partial charge on any atom is -0.336 e. The summed E-state index contributed by atoms with van der Waals surface area (Å²) in [5.74, 6) is 1.71. The second-order valence-corrected chi connectivity index (χ2v) is 7.57.